The fraction of sp³-hybridized carbons (Fsp3) is 0.667. The topological polar surface area (TPSA) is 111 Å². The summed E-state index contributed by atoms with van der Waals surface area (Å²) in [6.07, 6.45) is -0.608. The number of Topliss-reactive ketones (excluding diaryl/α,β-unsaturated/α-hetero) is 1. The summed E-state index contributed by atoms with van der Waals surface area (Å²) in [5, 5.41) is 4.85. The van der Waals surface area contributed by atoms with Gasteiger partial charge in [-0.05, 0) is 33.1 Å². The van der Waals surface area contributed by atoms with E-state index in [4.69, 9.17) is 9.47 Å². The van der Waals surface area contributed by atoms with Gasteiger partial charge in [0.25, 0.3) is 0 Å². The Labute approximate surface area is 154 Å². The smallest absolute Gasteiger partial charge is 0.408 e. The van der Waals surface area contributed by atoms with Crippen LogP contribution in [0.2, 0.25) is 0 Å². The molecule has 0 aromatic carbocycles. The van der Waals surface area contributed by atoms with Gasteiger partial charge in [0.1, 0.15) is 11.6 Å². The molecule has 0 fully saturated rings. The van der Waals surface area contributed by atoms with Crippen LogP contribution in [0.3, 0.4) is 0 Å². The summed E-state index contributed by atoms with van der Waals surface area (Å²) in [6.45, 7) is 13.4. The number of alkyl carbamates (subject to hydrolysis) is 1. The fourth-order valence-electron chi connectivity index (χ4n) is 1.97. The normalized spacial score (nSPS) is 13.3. The molecule has 26 heavy (non-hydrogen) atoms. The number of amides is 2. The van der Waals surface area contributed by atoms with Crippen LogP contribution in [0.4, 0.5) is 4.79 Å². The first-order valence-electron chi connectivity index (χ1n) is 8.46. The quantitative estimate of drug-likeness (QED) is 0.365. The minimum Gasteiger partial charge on any atom is -0.444 e. The monoisotopic (exact) mass is 370 g/mol. The van der Waals surface area contributed by atoms with Gasteiger partial charge < -0.3 is 20.1 Å². The Morgan fingerprint density at radius 3 is 2.12 bits per heavy atom. The van der Waals surface area contributed by atoms with Crippen molar-refractivity contribution < 1.29 is 28.7 Å². The average molecular weight is 370 g/mol. The van der Waals surface area contributed by atoms with Gasteiger partial charge in [-0.1, -0.05) is 19.9 Å². The third-order valence-electron chi connectivity index (χ3n) is 2.91. The Balaban J connectivity index is 5.18. The molecule has 0 rings (SSSR count). The van der Waals surface area contributed by atoms with Crippen molar-refractivity contribution in [3.8, 4) is 0 Å². The molecule has 0 saturated carbocycles. The summed E-state index contributed by atoms with van der Waals surface area (Å²) in [5.74, 6) is -1.80. The molecule has 0 aromatic heterocycles. The van der Waals surface area contributed by atoms with E-state index >= 15 is 0 Å². The van der Waals surface area contributed by atoms with E-state index in [0.717, 1.165) is 6.92 Å². The zero-order chi connectivity index (χ0) is 20.5. The van der Waals surface area contributed by atoms with Gasteiger partial charge in [-0.3, -0.25) is 14.4 Å². The lowest BCUT2D eigenvalue weighted by atomic mass is 10.0. The zero-order valence-corrected chi connectivity index (χ0v) is 16.4. The van der Waals surface area contributed by atoms with Crippen LogP contribution in [0.25, 0.3) is 0 Å². The highest BCUT2D eigenvalue weighted by Crippen LogP contribution is 2.10. The zero-order valence-electron chi connectivity index (χ0n) is 16.4. The van der Waals surface area contributed by atoms with Crippen molar-refractivity contribution in [2.24, 2.45) is 5.92 Å². The van der Waals surface area contributed by atoms with Gasteiger partial charge in [-0.2, -0.15) is 0 Å². The van der Waals surface area contributed by atoms with E-state index in [1.165, 1.54) is 6.08 Å². The predicted molar refractivity (Wildman–Crippen MR) is 96.1 cm³/mol. The number of rotatable bonds is 9. The van der Waals surface area contributed by atoms with Crippen molar-refractivity contribution in [3.05, 3.63) is 12.7 Å². The highest BCUT2D eigenvalue weighted by molar-refractivity contribution is 5.92. The van der Waals surface area contributed by atoms with Gasteiger partial charge >= 0.3 is 12.1 Å². The number of carbonyl (C=O) groups excluding carboxylic acids is 4. The maximum absolute atomic E-state index is 12.5. The minimum absolute atomic E-state index is 0.0768. The Kier molecular flexibility index (Phi) is 9.61. The second-order valence-corrected chi connectivity index (χ2v) is 7.29. The van der Waals surface area contributed by atoms with Crippen LogP contribution in [0.15, 0.2) is 12.7 Å². The largest absolute Gasteiger partial charge is 0.444 e. The first-order chi connectivity index (χ1) is 11.9. The molecule has 8 heteroatoms. The second kappa shape index (κ2) is 10.6. The van der Waals surface area contributed by atoms with E-state index in [2.05, 4.69) is 17.2 Å². The average Bonchev–Trinajstić information content (AvgIpc) is 2.42. The number of ketones is 1. The molecule has 2 atom stereocenters. The number of ether oxygens (including phenoxy) is 2. The number of hydrogen-bond acceptors (Lipinski definition) is 6. The summed E-state index contributed by atoms with van der Waals surface area (Å²) in [4.78, 5) is 47.7. The van der Waals surface area contributed by atoms with Crippen molar-refractivity contribution in [2.45, 2.75) is 72.3 Å². The van der Waals surface area contributed by atoms with Crippen molar-refractivity contribution >= 4 is 23.8 Å². The van der Waals surface area contributed by atoms with E-state index in [1.807, 2.05) is 13.8 Å². The summed E-state index contributed by atoms with van der Waals surface area (Å²) in [5.41, 5.74) is -0.719. The highest BCUT2D eigenvalue weighted by Gasteiger charge is 2.29. The van der Waals surface area contributed by atoms with Crippen LogP contribution in [-0.4, -0.2) is 41.6 Å². The Morgan fingerprint density at radius 2 is 1.69 bits per heavy atom. The number of esters is 1. The summed E-state index contributed by atoms with van der Waals surface area (Å²) < 4.78 is 10.0. The lowest BCUT2D eigenvalue weighted by Crippen LogP contribution is -2.53. The molecule has 0 aliphatic rings. The SMILES string of the molecule is C=CCC(=O)C(NC(=O)[C@H](CC(C)C)NC(=O)OC(C)(C)C)OC(C)=O. The maximum atomic E-state index is 12.5. The predicted octanol–water partition coefficient (Wildman–Crippen LogP) is 2.08. The number of hydrogen-bond donors (Lipinski definition) is 2. The molecule has 0 aromatic rings. The van der Waals surface area contributed by atoms with E-state index < -0.39 is 41.6 Å². The summed E-state index contributed by atoms with van der Waals surface area (Å²) in [6, 6.07) is -0.945. The van der Waals surface area contributed by atoms with Crippen LogP contribution in [0, 0.1) is 5.92 Å². The Bertz CT molecular complexity index is 536. The second-order valence-electron chi connectivity index (χ2n) is 7.29. The lowest BCUT2D eigenvalue weighted by Gasteiger charge is -2.25. The molecule has 0 heterocycles. The molecule has 0 radical (unpaired) electrons. The number of nitrogens with one attached hydrogen (secondary N) is 2. The van der Waals surface area contributed by atoms with Crippen LogP contribution in [0.5, 0.6) is 0 Å². The summed E-state index contributed by atoms with van der Waals surface area (Å²) in [7, 11) is 0. The van der Waals surface area contributed by atoms with Crippen LogP contribution in [-0.2, 0) is 23.9 Å². The van der Waals surface area contributed by atoms with E-state index in [1.54, 1.807) is 20.8 Å². The molecule has 0 bridgehead atoms. The first-order valence-corrected chi connectivity index (χ1v) is 8.46. The van der Waals surface area contributed by atoms with Gasteiger partial charge in [-0.15, -0.1) is 6.58 Å². The van der Waals surface area contributed by atoms with Gasteiger partial charge in [0.15, 0.2) is 5.78 Å². The van der Waals surface area contributed by atoms with Crippen LogP contribution < -0.4 is 10.6 Å². The minimum atomic E-state index is -1.44. The molecule has 0 aliphatic carbocycles. The highest BCUT2D eigenvalue weighted by atomic mass is 16.6. The van der Waals surface area contributed by atoms with Crippen LogP contribution in [0.1, 0.15) is 54.4 Å². The Morgan fingerprint density at radius 1 is 1.12 bits per heavy atom. The van der Waals surface area contributed by atoms with Gasteiger partial charge in [0, 0.05) is 13.3 Å². The molecule has 8 nitrogen and oxygen atoms in total. The molecule has 2 N–H and O–H groups in total. The van der Waals surface area contributed by atoms with Gasteiger partial charge in [-0.25, -0.2) is 4.79 Å². The Hall–Kier alpha value is -2.38. The molecule has 148 valence electrons. The number of allylic oxidation sites excluding steroid dienone is 1. The number of carbonyl (C=O) groups is 4. The molecule has 2 amide bonds. The van der Waals surface area contributed by atoms with Crippen LogP contribution >= 0.6 is 0 Å². The van der Waals surface area contributed by atoms with Crippen molar-refractivity contribution in [3.63, 3.8) is 0 Å². The molecule has 0 aliphatic heterocycles. The molecular formula is C18H30N2O6. The molecular weight excluding hydrogens is 340 g/mol. The standard InChI is InChI=1S/C18H30N2O6/c1-8-9-14(22)16(25-12(4)21)20-15(23)13(10-11(2)3)19-17(24)26-18(5,6)7/h8,11,13,16H,1,9-10H2,2-7H3,(H,19,24)(H,20,23)/t13-,16?/m0/s1. The third-order valence-corrected chi connectivity index (χ3v) is 2.91. The van der Waals surface area contributed by atoms with Crippen molar-refractivity contribution in [1.82, 2.24) is 10.6 Å². The molecule has 1 unspecified atom stereocenters. The molecule has 0 saturated heterocycles. The first kappa shape index (κ1) is 23.6. The van der Waals surface area contributed by atoms with E-state index in [0.29, 0.717) is 6.42 Å². The van der Waals surface area contributed by atoms with Crippen molar-refractivity contribution in [1.29, 1.82) is 0 Å². The fourth-order valence-corrected chi connectivity index (χ4v) is 1.97. The van der Waals surface area contributed by atoms with E-state index in [9.17, 15) is 19.2 Å². The van der Waals surface area contributed by atoms with Gasteiger partial charge in [0.2, 0.25) is 12.1 Å². The van der Waals surface area contributed by atoms with Gasteiger partial charge in [0.05, 0.1) is 0 Å². The maximum Gasteiger partial charge on any atom is 0.408 e. The molecule has 0 spiro atoms. The third kappa shape index (κ3) is 10.5. The van der Waals surface area contributed by atoms with E-state index in [-0.39, 0.29) is 12.3 Å². The lowest BCUT2D eigenvalue weighted by molar-refractivity contribution is -0.156. The van der Waals surface area contributed by atoms with Crippen molar-refractivity contribution in [2.75, 3.05) is 0 Å². The summed E-state index contributed by atoms with van der Waals surface area (Å²) >= 11 is 0.